The first-order valence-electron chi connectivity index (χ1n) is 16.8. The molecule has 1 N–H and O–H groups in total. The highest BCUT2D eigenvalue weighted by Gasteiger charge is 2.68. The van der Waals surface area contributed by atoms with Crippen molar-refractivity contribution >= 4 is 52.3 Å². The molecular formula is C38H35ClFN3O7. The molecule has 4 fully saturated rings. The normalized spacial score (nSPS) is 29.2. The zero-order chi connectivity index (χ0) is 35.1. The zero-order valence-electron chi connectivity index (χ0n) is 27.5. The highest BCUT2D eigenvalue weighted by atomic mass is 35.5. The fraction of sp³-hybridized carbons (Fsp3) is 0.368. The van der Waals surface area contributed by atoms with Crippen LogP contribution < -0.4 is 19.4 Å². The summed E-state index contributed by atoms with van der Waals surface area (Å²) in [6.45, 7) is 4.46. The number of hydrogen-bond acceptors (Lipinski definition) is 8. The Morgan fingerprint density at radius 1 is 0.880 bits per heavy atom. The lowest BCUT2D eigenvalue weighted by molar-refractivity contribution is -0.131. The number of aromatic hydroxyl groups is 1. The van der Waals surface area contributed by atoms with Crippen molar-refractivity contribution in [3.05, 3.63) is 88.7 Å². The summed E-state index contributed by atoms with van der Waals surface area (Å²) in [4.78, 5) is 61.9. The fourth-order valence-corrected chi connectivity index (χ4v) is 9.18. The standard InChI is InChI=1S/C38H35ClFN3O7/c1-38-28(35(46)43(37(38)48)22-7-11-30(40)29(39)17-22)19-26-24(33(38)27-18-23(49-2)8-12-31(27)44)9-10-25-32(26)36(47)42(34(25)45)21-5-3-20(4-6-21)41-13-15-50-16-14-41/h3-9,11-12,17-18,25-26,28,32-33,44H,10,13-16,19H2,1-2H3. The molecule has 0 aromatic heterocycles. The summed E-state index contributed by atoms with van der Waals surface area (Å²) in [6.07, 6.45) is 2.30. The summed E-state index contributed by atoms with van der Waals surface area (Å²) in [5, 5.41) is 11.1. The molecule has 4 amide bonds. The molecule has 3 aliphatic heterocycles. The van der Waals surface area contributed by atoms with Crippen molar-refractivity contribution in [3.63, 3.8) is 0 Å². The Kier molecular flexibility index (Phi) is 7.76. The van der Waals surface area contributed by atoms with Crippen molar-refractivity contribution in [1.29, 1.82) is 0 Å². The third kappa shape index (κ3) is 4.70. The highest BCUT2D eigenvalue weighted by Crippen LogP contribution is 2.64. The number of phenolic OH excluding ortho intramolecular Hbond substituents is 1. The molecule has 10 nitrogen and oxygen atoms in total. The second-order valence-corrected chi connectivity index (χ2v) is 14.2. The molecule has 12 heteroatoms. The van der Waals surface area contributed by atoms with Gasteiger partial charge in [0.05, 0.1) is 59.9 Å². The molecule has 5 aliphatic rings. The van der Waals surface area contributed by atoms with Gasteiger partial charge in [0, 0.05) is 30.3 Å². The van der Waals surface area contributed by atoms with E-state index in [-0.39, 0.29) is 41.1 Å². The maximum Gasteiger partial charge on any atom is 0.241 e. The molecule has 2 aliphatic carbocycles. The largest absolute Gasteiger partial charge is 0.508 e. The number of allylic oxidation sites excluding steroid dienone is 2. The average Bonchev–Trinajstić information content (AvgIpc) is 3.49. The summed E-state index contributed by atoms with van der Waals surface area (Å²) < 4.78 is 25.1. The van der Waals surface area contributed by atoms with Crippen molar-refractivity contribution in [3.8, 4) is 11.5 Å². The number of hydrogen-bond donors (Lipinski definition) is 1. The van der Waals surface area contributed by atoms with Crippen molar-refractivity contribution in [2.24, 2.45) is 29.1 Å². The lowest BCUT2D eigenvalue weighted by atomic mass is 9.51. The maximum absolute atomic E-state index is 14.6. The molecule has 3 aromatic carbocycles. The van der Waals surface area contributed by atoms with Gasteiger partial charge in [-0.05, 0) is 86.3 Å². The smallest absolute Gasteiger partial charge is 0.241 e. The molecule has 6 unspecified atom stereocenters. The van der Waals surface area contributed by atoms with Crippen LogP contribution in [0.5, 0.6) is 11.5 Å². The van der Waals surface area contributed by atoms with E-state index in [1.54, 1.807) is 31.2 Å². The number of phenols is 1. The number of anilines is 3. The third-order valence-corrected chi connectivity index (χ3v) is 11.8. The van der Waals surface area contributed by atoms with Crippen molar-refractivity contribution in [1.82, 2.24) is 0 Å². The molecule has 50 heavy (non-hydrogen) atoms. The number of morpholine rings is 1. The van der Waals surface area contributed by atoms with Crippen molar-refractivity contribution in [2.45, 2.75) is 25.7 Å². The Morgan fingerprint density at radius 3 is 2.28 bits per heavy atom. The van der Waals surface area contributed by atoms with Crippen LogP contribution in [0.25, 0.3) is 0 Å². The van der Waals surface area contributed by atoms with Crippen LogP contribution >= 0.6 is 11.6 Å². The second kappa shape index (κ2) is 11.9. The number of methoxy groups -OCH3 is 1. The minimum absolute atomic E-state index is 0.0983. The van der Waals surface area contributed by atoms with Gasteiger partial charge >= 0.3 is 0 Å². The number of halogens is 2. The predicted molar refractivity (Wildman–Crippen MR) is 183 cm³/mol. The molecule has 0 radical (unpaired) electrons. The lowest BCUT2D eigenvalue weighted by Gasteiger charge is -2.49. The van der Waals surface area contributed by atoms with Gasteiger partial charge in [-0.1, -0.05) is 23.3 Å². The molecular weight excluding hydrogens is 665 g/mol. The molecule has 0 bridgehead atoms. The first-order valence-corrected chi connectivity index (χ1v) is 17.1. The Hall–Kier alpha value is -4.74. The molecule has 1 saturated carbocycles. The van der Waals surface area contributed by atoms with Gasteiger partial charge in [0.2, 0.25) is 23.6 Å². The van der Waals surface area contributed by atoms with E-state index < -0.39 is 52.6 Å². The number of imide groups is 2. The number of fused-ring (bicyclic) bond motifs is 4. The van der Waals surface area contributed by atoms with Crippen LogP contribution in [-0.4, -0.2) is 62.1 Å². The Balaban J connectivity index is 1.21. The van der Waals surface area contributed by atoms with Crippen molar-refractivity contribution < 1.29 is 38.1 Å². The predicted octanol–water partition coefficient (Wildman–Crippen LogP) is 5.47. The lowest BCUT2D eigenvalue weighted by Crippen LogP contribution is -2.48. The molecule has 258 valence electrons. The zero-order valence-corrected chi connectivity index (χ0v) is 28.2. The van der Waals surface area contributed by atoms with Crippen LogP contribution in [0.15, 0.2) is 72.3 Å². The Morgan fingerprint density at radius 2 is 1.58 bits per heavy atom. The summed E-state index contributed by atoms with van der Waals surface area (Å²) in [6, 6.07) is 15.8. The number of ether oxygens (including phenoxy) is 2. The van der Waals surface area contributed by atoms with E-state index >= 15 is 0 Å². The Labute approximate surface area is 293 Å². The summed E-state index contributed by atoms with van der Waals surface area (Å²) in [5.41, 5.74) is 1.27. The number of carbonyl (C=O) groups excluding carboxylic acids is 4. The number of nitrogens with zero attached hydrogens (tertiary/aromatic N) is 3. The molecule has 3 saturated heterocycles. The minimum Gasteiger partial charge on any atom is -0.508 e. The summed E-state index contributed by atoms with van der Waals surface area (Å²) in [7, 11) is 1.49. The number of amides is 4. The fourth-order valence-electron chi connectivity index (χ4n) is 9.01. The van der Waals surface area contributed by atoms with E-state index in [1.165, 1.54) is 30.2 Å². The van der Waals surface area contributed by atoms with Gasteiger partial charge in [-0.3, -0.25) is 24.1 Å². The van der Waals surface area contributed by atoms with Crippen LogP contribution in [0.4, 0.5) is 21.5 Å². The van der Waals surface area contributed by atoms with E-state index in [1.807, 2.05) is 18.2 Å². The van der Waals surface area contributed by atoms with Gasteiger partial charge in [0.15, 0.2) is 0 Å². The minimum atomic E-state index is -1.41. The van der Waals surface area contributed by atoms with Crippen LogP contribution in [0, 0.1) is 34.9 Å². The number of benzene rings is 3. The van der Waals surface area contributed by atoms with E-state index in [0.29, 0.717) is 30.2 Å². The van der Waals surface area contributed by atoms with Gasteiger partial charge in [-0.25, -0.2) is 9.29 Å². The SMILES string of the molecule is COc1ccc(O)c(C2C3=CCC4C(=O)N(c5ccc(N6CCOCC6)cc5)C(=O)C4C3CC3C(=O)N(c4ccc(F)c(Cl)c4)C(=O)C32C)c1. The van der Waals surface area contributed by atoms with E-state index in [9.17, 15) is 28.7 Å². The van der Waals surface area contributed by atoms with E-state index in [2.05, 4.69) is 4.90 Å². The number of carbonyl (C=O) groups is 4. The topological polar surface area (TPSA) is 117 Å². The van der Waals surface area contributed by atoms with Gasteiger partial charge in [0.1, 0.15) is 17.3 Å². The van der Waals surface area contributed by atoms with Gasteiger partial charge in [0.25, 0.3) is 0 Å². The van der Waals surface area contributed by atoms with Crippen LogP contribution in [0.2, 0.25) is 5.02 Å². The van der Waals surface area contributed by atoms with Gasteiger partial charge in [-0.15, -0.1) is 0 Å². The highest BCUT2D eigenvalue weighted by molar-refractivity contribution is 6.32. The summed E-state index contributed by atoms with van der Waals surface area (Å²) in [5.74, 6) is -5.84. The quantitative estimate of drug-likeness (QED) is 0.276. The van der Waals surface area contributed by atoms with Crippen molar-refractivity contribution in [2.75, 3.05) is 48.1 Å². The molecule has 3 aromatic rings. The van der Waals surface area contributed by atoms with Crippen LogP contribution in [-0.2, 0) is 23.9 Å². The Bertz CT molecular complexity index is 1980. The first kappa shape index (κ1) is 32.5. The average molecular weight is 700 g/mol. The van der Waals surface area contributed by atoms with E-state index in [0.717, 1.165) is 35.3 Å². The van der Waals surface area contributed by atoms with Crippen LogP contribution in [0.3, 0.4) is 0 Å². The molecule has 3 heterocycles. The third-order valence-electron chi connectivity index (χ3n) is 11.5. The van der Waals surface area contributed by atoms with E-state index in [4.69, 9.17) is 21.1 Å². The maximum atomic E-state index is 14.6. The number of rotatable bonds is 5. The van der Waals surface area contributed by atoms with Gasteiger partial charge < -0.3 is 19.5 Å². The van der Waals surface area contributed by atoms with Gasteiger partial charge in [-0.2, -0.15) is 0 Å². The van der Waals surface area contributed by atoms with Crippen LogP contribution in [0.1, 0.15) is 31.2 Å². The molecule has 0 spiro atoms. The first-order chi connectivity index (χ1) is 24.0. The summed E-state index contributed by atoms with van der Waals surface area (Å²) >= 11 is 6.09. The molecule has 6 atom stereocenters. The second-order valence-electron chi connectivity index (χ2n) is 13.8. The molecule has 8 rings (SSSR count). The monoisotopic (exact) mass is 699 g/mol.